The number of amides is 1. The van der Waals surface area contributed by atoms with E-state index >= 15 is 0 Å². The summed E-state index contributed by atoms with van der Waals surface area (Å²) in [6.07, 6.45) is 3.29. The van der Waals surface area contributed by atoms with Crippen LogP contribution in [0.15, 0.2) is 53.4 Å². The summed E-state index contributed by atoms with van der Waals surface area (Å²) in [5.41, 5.74) is 3.37. The van der Waals surface area contributed by atoms with Gasteiger partial charge in [0.1, 0.15) is 0 Å². The number of hydrogen-bond donors (Lipinski definition) is 0. The van der Waals surface area contributed by atoms with Crippen LogP contribution in [0.5, 0.6) is 0 Å². The van der Waals surface area contributed by atoms with E-state index in [0.717, 1.165) is 31.5 Å². The van der Waals surface area contributed by atoms with Gasteiger partial charge in [0, 0.05) is 44.8 Å². The molecule has 30 heavy (non-hydrogen) atoms. The molecule has 1 saturated heterocycles. The van der Waals surface area contributed by atoms with Gasteiger partial charge in [0.2, 0.25) is 15.9 Å². The molecule has 2 aromatic rings. The molecule has 2 aliphatic rings. The third kappa shape index (κ3) is 4.15. The van der Waals surface area contributed by atoms with Gasteiger partial charge in [-0.1, -0.05) is 24.3 Å². The van der Waals surface area contributed by atoms with Crippen LogP contribution >= 0.6 is 0 Å². The number of sulfonamides is 1. The van der Waals surface area contributed by atoms with Gasteiger partial charge >= 0.3 is 0 Å². The quantitative estimate of drug-likeness (QED) is 0.736. The molecule has 1 fully saturated rings. The molecule has 1 unspecified atom stereocenters. The van der Waals surface area contributed by atoms with E-state index in [1.807, 2.05) is 19.2 Å². The van der Waals surface area contributed by atoms with Gasteiger partial charge in [-0.3, -0.25) is 9.69 Å². The van der Waals surface area contributed by atoms with Crippen LogP contribution in [0.2, 0.25) is 0 Å². The van der Waals surface area contributed by atoms with E-state index in [9.17, 15) is 13.2 Å². The highest BCUT2D eigenvalue weighted by molar-refractivity contribution is 7.89. The molecule has 0 saturated carbocycles. The lowest BCUT2D eigenvalue weighted by molar-refractivity contribution is -0.119. The molecular formula is C23H29N3O3S. The van der Waals surface area contributed by atoms with Crippen molar-refractivity contribution < 1.29 is 13.2 Å². The van der Waals surface area contributed by atoms with Crippen LogP contribution in [0.1, 0.15) is 30.4 Å². The van der Waals surface area contributed by atoms with E-state index < -0.39 is 10.0 Å². The van der Waals surface area contributed by atoms with Gasteiger partial charge in [-0.2, -0.15) is 4.31 Å². The summed E-state index contributed by atoms with van der Waals surface area (Å²) in [6.45, 7) is 1.95. The van der Waals surface area contributed by atoms with Gasteiger partial charge in [0.15, 0.2) is 0 Å². The number of benzene rings is 2. The van der Waals surface area contributed by atoms with E-state index in [2.05, 4.69) is 17.0 Å². The molecule has 0 aromatic heterocycles. The van der Waals surface area contributed by atoms with Gasteiger partial charge < -0.3 is 4.90 Å². The van der Waals surface area contributed by atoms with Crippen LogP contribution in [0.25, 0.3) is 0 Å². The average molecular weight is 428 g/mol. The fourth-order valence-corrected chi connectivity index (χ4v) is 5.58. The monoisotopic (exact) mass is 427 g/mol. The Hall–Kier alpha value is -2.22. The second-order valence-electron chi connectivity index (χ2n) is 8.32. The van der Waals surface area contributed by atoms with E-state index in [1.54, 1.807) is 36.2 Å². The molecule has 4 rings (SSSR count). The molecule has 160 valence electrons. The lowest BCUT2D eigenvalue weighted by Gasteiger charge is -2.36. The van der Waals surface area contributed by atoms with Crippen LogP contribution in [-0.2, 0) is 27.8 Å². The minimum Gasteiger partial charge on any atom is -0.312 e. The summed E-state index contributed by atoms with van der Waals surface area (Å²) < 4.78 is 27.7. The second kappa shape index (κ2) is 8.49. The van der Waals surface area contributed by atoms with Crippen molar-refractivity contribution in [3.05, 3.63) is 59.7 Å². The molecule has 0 spiro atoms. The number of carbonyl (C=O) groups is 1. The minimum atomic E-state index is -3.60. The Labute approximate surface area is 179 Å². The van der Waals surface area contributed by atoms with E-state index in [0.29, 0.717) is 19.5 Å². The highest BCUT2D eigenvalue weighted by Crippen LogP contribution is 2.26. The standard InChI is InChI=1S/C23H29N3O3S/c1-24-16-19-8-4-3-7-18(19)15-21(24)17-25(2)30(28,29)22-12-10-20(11-13-22)26-14-6-5-9-23(26)27/h3-4,7-8,10-13,21H,5-6,9,14-17H2,1-2H3. The van der Waals surface area contributed by atoms with Crippen molar-refractivity contribution >= 4 is 21.6 Å². The van der Waals surface area contributed by atoms with Gasteiger partial charge in [-0.15, -0.1) is 0 Å². The topological polar surface area (TPSA) is 60.9 Å². The zero-order chi connectivity index (χ0) is 21.3. The number of carbonyl (C=O) groups excluding carboxylic acids is 1. The summed E-state index contributed by atoms with van der Waals surface area (Å²) in [5, 5.41) is 0. The fourth-order valence-electron chi connectivity index (χ4n) is 4.37. The van der Waals surface area contributed by atoms with Crippen LogP contribution < -0.4 is 4.90 Å². The lowest BCUT2D eigenvalue weighted by Crippen LogP contribution is -2.46. The van der Waals surface area contributed by atoms with E-state index in [-0.39, 0.29) is 16.8 Å². The zero-order valence-electron chi connectivity index (χ0n) is 17.6. The number of fused-ring (bicyclic) bond motifs is 1. The maximum Gasteiger partial charge on any atom is 0.242 e. The van der Waals surface area contributed by atoms with Crippen molar-refractivity contribution in [1.29, 1.82) is 0 Å². The smallest absolute Gasteiger partial charge is 0.242 e. The predicted octanol–water partition coefficient (Wildman–Crippen LogP) is 2.88. The van der Waals surface area contributed by atoms with Crippen LogP contribution in [-0.4, -0.2) is 56.8 Å². The first-order chi connectivity index (χ1) is 14.4. The van der Waals surface area contributed by atoms with Gasteiger partial charge in [-0.25, -0.2) is 8.42 Å². The van der Waals surface area contributed by atoms with Crippen LogP contribution in [0.4, 0.5) is 5.69 Å². The number of anilines is 1. The summed E-state index contributed by atoms with van der Waals surface area (Å²) >= 11 is 0. The number of hydrogen-bond acceptors (Lipinski definition) is 4. The Morgan fingerprint density at radius 2 is 1.73 bits per heavy atom. The number of rotatable bonds is 5. The predicted molar refractivity (Wildman–Crippen MR) is 118 cm³/mol. The molecule has 7 heteroatoms. The molecule has 2 aliphatic heterocycles. The molecule has 2 aromatic carbocycles. The Balaban J connectivity index is 1.47. The fraction of sp³-hybridized carbons (Fsp3) is 0.435. The zero-order valence-corrected chi connectivity index (χ0v) is 18.4. The van der Waals surface area contributed by atoms with Crippen molar-refractivity contribution in [2.45, 2.75) is 43.2 Å². The summed E-state index contributed by atoms with van der Waals surface area (Å²) in [6, 6.07) is 15.2. The maximum absolute atomic E-state index is 13.1. The normalized spacial score (nSPS) is 20.4. The van der Waals surface area contributed by atoms with Crippen LogP contribution in [0.3, 0.4) is 0 Å². The van der Waals surface area contributed by atoms with Crippen molar-refractivity contribution in [3.63, 3.8) is 0 Å². The Morgan fingerprint density at radius 1 is 1.03 bits per heavy atom. The SMILES string of the molecule is CN1Cc2ccccc2CC1CN(C)S(=O)(=O)c1ccc(N2CCCCC2=O)cc1. The highest BCUT2D eigenvalue weighted by atomic mass is 32.2. The Kier molecular flexibility index (Phi) is 5.95. The summed E-state index contributed by atoms with van der Waals surface area (Å²) in [4.78, 5) is 16.4. The summed E-state index contributed by atoms with van der Waals surface area (Å²) in [7, 11) is 0.0948. The lowest BCUT2D eigenvalue weighted by atomic mass is 9.94. The first kappa shape index (κ1) is 21.0. The van der Waals surface area contributed by atoms with Crippen molar-refractivity contribution in [2.24, 2.45) is 0 Å². The van der Waals surface area contributed by atoms with Crippen LogP contribution in [0, 0.1) is 0 Å². The first-order valence-corrected chi connectivity index (χ1v) is 11.9. The molecule has 1 amide bonds. The van der Waals surface area contributed by atoms with Gasteiger partial charge in [0.25, 0.3) is 0 Å². The van der Waals surface area contributed by atoms with Crippen molar-refractivity contribution in [3.8, 4) is 0 Å². The molecule has 0 N–H and O–H groups in total. The highest BCUT2D eigenvalue weighted by Gasteiger charge is 2.29. The third-order valence-electron chi connectivity index (χ3n) is 6.26. The Bertz CT molecular complexity index is 1020. The average Bonchev–Trinajstić information content (AvgIpc) is 2.74. The third-order valence-corrected chi connectivity index (χ3v) is 8.10. The molecular weight excluding hydrogens is 398 g/mol. The second-order valence-corrected chi connectivity index (χ2v) is 10.4. The van der Waals surface area contributed by atoms with E-state index in [4.69, 9.17) is 0 Å². The largest absolute Gasteiger partial charge is 0.312 e. The number of nitrogens with zero attached hydrogens (tertiary/aromatic N) is 3. The van der Waals surface area contributed by atoms with Gasteiger partial charge in [0.05, 0.1) is 4.90 Å². The minimum absolute atomic E-state index is 0.106. The molecule has 6 nitrogen and oxygen atoms in total. The maximum atomic E-state index is 13.1. The Morgan fingerprint density at radius 3 is 2.43 bits per heavy atom. The number of piperidine rings is 1. The molecule has 2 heterocycles. The van der Waals surface area contributed by atoms with Crippen molar-refractivity contribution in [1.82, 2.24) is 9.21 Å². The summed E-state index contributed by atoms with van der Waals surface area (Å²) in [5.74, 6) is 0.106. The van der Waals surface area contributed by atoms with Crippen molar-refractivity contribution in [2.75, 3.05) is 32.1 Å². The molecule has 0 aliphatic carbocycles. The first-order valence-electron chi connectivity index (χ1n) is 10.5. The molecule has 0 radical (unpaired) electrons. The molecule has 1 atom stereocenters. The number of likely N-dealkylation sites (N-methyl/N-ethyl adjacent to an activating group) is 2. The molecule has 0 bridgehead atoms. The van der Waals surface area contributed by atoms with E-state index in [1.165, 1.54) is 15.4 Å². The van der Waals surface area contributed by atoms with Gasteiger partial charge in [-0.05, 0) is 61.7 Å².